The van der Waals surface area contributed by atoms with Crippen LogP contribution in [0.25, 0.3) is 0 Å². The van der Waals surface area contributed by atoms with Crippen LogP contribution < -0.4 is 10.1 Å². The number of benzene rings is 2. The van der Waals surface area contributed by atoms with Crippen molar-refractivity contribution in [3.05, 3.63) is 60.2 Å². The third-order valence-electron chi connectivity index (χ3n) is 4.38. The summed E-state index contributed by atoms with van der Waals surface area (Å²) in [5, 5.41) is 2.85. The zero-order chi connectivity index (χ0) is 19.1. The van der Waals surface area contributed by atoms with Crippen LogP contribution in [0.2, 0.25) is 0 Å². The van der Waals surface area contributed by atoms with Gasteiger partial charge in [0, 0.05) is 24.3 Å². The standard InChI is InChI=1S/C21H24N2O4/c1-2-19(27-18-6-4-3-5-7-18)20(24)22-17-10-8-16(9-11-17)21(25)23-12-14-26-15-13-23/h3-11,19H,2,12-15H2,1H3,(H,22,24). The molecule has 1 atom stereocenters. The highest BCUT2D eigenvalue weighted by atomic mass is 16.5. The third-order valence-corrected chi connectivity index (χ3v) is 4.38. The normalized spacial score (nSPS) is 15.1. The van der Waals surface area contributed by atoms with E-state index >= 15 is 0 Å². The van der Waals surface area contributed by atoms with Crippen molar-refractivity contribution in [2.45, 2.75) is 19.4 Å². The van der Waals surface area contributed by atoms with E-state index in [9.17, 15) is 9.59 Å². The minimum Gasteiger partial charge on any atom is -0.481 e. The number of ether oxygens (including phenoxy) is 2. The van der Waals surface area contributed by atoms with Crippen LogP contribution in [0.1, 0.15) is 23.7 Å². The number of para-hydroxylation sites is 1. The number of amides is 2. The van der Waals surface area contributed by atoms with Gasteiger partial charge in [-0.2, -0.15) is 0 Å². The second-order valence-electron chi connectivity index (χ2n) is 6.30. The van der Waals surface area contributed by atoms with E-state index in [1.165, 1.54) is 0 Å². The van der Waals surface area contributed by atoms with Gasteiger partial charge in [0.1, 0.15) is 5.75 Å². The van der Waals surface area contributed by atoms with Crippen molar-refractivity contribution in [1.29, 1.82) is 0 Å². The first-order valence-corrected chi connectivity index (χ1v) is 9.17. The average Bonchev–Trinajstić information content (AvgIpc) is 2.73. The number of nitrogens with zero attached hydrogens (tertiary/aromatic N) is 1. The summed E-state index contributed by atoms with van der Waals surface area (Å²) in [6, 6.07) is 16.2. The highest BCUT2D eigenvalue weighted by Crippen LogP contribution is 2.16. The number of nitrogens with one attached hydrogen (secondary N) is 1. The van der Waals surface area contributed by atoms with Gasteiger partial charge in [-0.25, -0.2) is 0 Å². The smallest absolute Gasteiger partial charge is 0.265 e. The Kier molecular flexibility index (Phi) is 6.44. The molecule has 6 heteroatoms. The third kappa shape index (κ3) is 5.08. The van der Waals surface area contributed by atoms with Gasteiger partial charge in [0.05, 0.1) is 13.2 Å². The second kappa shape index (κ2) is 9.19. The van der Waals surface area contributed by atoms with Crippen LogP contribution in [-0.2, 0) is 9.53 Å². The average molecular weight is 368 g/mol. The molecule has 0 aromatic heterocycles. The van der Waals surface area contributed by atoms with Gasteiger partial charge in [0.25, 0.3) is 11.8 Å². The molecule has 1 N–H and O–H groups in total. The van der Waals surface area contributed by atoms with Gasteiger partial charge in [-0.15, -0.1) is 0 Å². The van der Waals surface area contributed by atoms with Crippen LogP contribution in [-0.4, -0.2) is 49.1 Å². The van der Waals surface area contributed by atoms with Gasteiger partial charge in [-0.1, -0.05) is 25.1 Å². The predicted molar refractivity (Wildman–Crippen MR) is 103 cm³/mol. The number of carbonyl (C=O) groups excluding carboxylic acids is 2. The molecule has 1 saturated heterocycles. The molecule has 0 aliphatic carbocycles. The first-order valence-electron chi connectivity index (χ1n) is 9.17. The minimum atomic E-state index is -0.581. The van der Waals surface area contributed by atoms with Crippen LogP contribution in [0.4, 0.5) is 5.69 Å². The van der Waals surface area contributed by atoms with E-state index in [0.717, 1.165) is 0 Å². The zero-order valence-corrected chi connectivity index (χ0v) is 15.4. The van der Waals surface area contributed by atoms with Crippen molar-refractivity contribution in [2.75, 3.05) is 31.6 Å². The molecule has 1 fully saturated rings. The van der Waals surface area contributed by atoms with Crippen LogP contribution in [0.15, 0.2) is 54.6 Å². The Hall–Kier alpha value is -2.86. The van der Waals surface area contributed by atoms with Crippen molar-refractivity contribution in [2.24, 2.45) is 0 Å². The number of carbonyl (C=O) groups is 2. The topological polar surface area (TPSA) is 67.9 Å². The molecule has 0 spiro atoms. The summed E-state index contributed by atoms with van der Waals surface area (Å²) in [4.78, 5) is 26.7. The molecule has 142 valence electrons. The quantitative estimate of drug-likeness (QED) is 0.851. The van der Waals surface area contributed by atoms with E-state index in [1.807, 2.05) is 37.3 Å². The van der Waals surface area contributed by atoms with E-state index < -0.39 is 6.10 Å². The Morgan fingerprint density at radius 2 is 1.74 bits per heavy atom. The molecule has 2 aromatic carbocycles. The molecule has 1 aliphatic rings. The largest absolute Gasteiger partial charge is 0.481 e. The van der Waals surface area contributed by atoms with Gasteiger partial charge < -0.3 is 19.7 Å². The molecular weight excluding hydrogens is 344 g/mol. The Bertz CT molecular complexity index is 756. The van der Waals surface area contributed by atoms with Gasteiger partial charge in [0.15, 0.2) is 6.10 Å². The lowest BCUT2D eigenvalue weighted by Gasteiger charge is -2.26. The van der Waals surface area contributed by atoms with Crippen molar-refractivity contribution in [1.82, 2.24) is 4.90 Å². The fraction of sp³-hybridized carbons (Fsp3) is 0.333. The highest BCUT2D eigenvalue weighted by Gasteiger charge is 2.20. The SMILES string of the molecule is CCC(Oc1ccccc1)C(=O)Nc1ccc(C(=O)N2CCOCC2)cc1. The van der Waals surface area contributed by atoms with E-state index in [-0.39, 0.29) is 11.8 Å². The van der Waals surface area contributed by atoms with E-state index in [1.54, 1.807) is 29.2 Å². The maximum Gasteiger partial charge on any atom is 0.265 e. The van der Waals surface area contributed by atoms with Crippen LogP contribution in [0, 0.1) is 0 Å². The summed E-state index contributed by atoms with van der Waals surface area (Å²) >= 11 is 0. The predicted octanol–water partition coefficient (Wildman–Crippen LogP) is 2.96. The fourth-order valence-electron chi connectivity index (χ4n) is 2.85. The molecule has 6 nitrogen and oxygen atoms in total. The molecule has 0 saturated carbocycles. The van der Waals surface area contributed by atoms with Gasteiger partial charge in [-0.05, 0) is 42.8 Å². The van der Waals surface area contributed by atoms with E-state index in [2.05, 4.69) is 5.32 Å². The number of hydrogen-bond acceptors (Lipinski definition) is 4. The monoisotopic (exact) mass is 368 g/mol. The van der Waals surface area contributed by atoms with Gasteiger partial charge in [0.2, 0.25) is 0 Å². The van der Waals surface area contributed by atoms with Crippen LogP contribution in [0.5, 0.6) is 5.75 Å². The molecule has 3 rings (SSSR count). The minimum absolute atomic E-state index is 0.0185. The maximum absolute atomic E-state index is 12.5. The molecule has 0 bridgehead atoms. The van der Waals surface area contributed by atoms with Crippen molar-refractivity contribution in [3.8, 4) is 5.75 Å². The Balaban J connectivity index is 1.59. The number of rotatable bonds is 6. The summed E-state index contributed by atoms with van der Waals surface area (Å²) in [5.41, 5.74) is 1.23. The summed E-state index contributed by atoms with van der Waals surface area (Å²) in [6.07, 6.45) is -0.0315. The lowest BCUT2D eigenvalue weighted by molar-refractivity contribution is -0.122. The molecule has 1 aliphatic heterocycles. The van der Waals surface area contributed by atoms with Crippen LogP contribution >= 0.6 is 0 Å². The Labute approximate surface area is 159 Å². The first kappa shape index (κ1) is 18.9. The van der Waals surface area contributed by atoms with E-state index in [0.29, 0.717) is 49.7 Å². The summed E-state index contributed by atoms with van der Waals surface area (Å²) in [6.45, 7) is 4.25. The maximum atomic E-state index is 12.5. The summed E-state index contributed by atoms with van der Waals surface area (Å²) in [5.74, 6) is 0.426. The van der Waals surface area contributed by atoms with Crippen molar-refractivity contribution < 1.29 is 19.1 Å². The van der Waals surface area contributed by atoms with Crippen molar-refractivity contribution in [3.63, 3.8) is 0 Å². The van der Waals surface area contributed by atoms with Gasteiger partial charge >= 0.3 is 0 Å². The van der Waals surface area contributed by atoms with Crippen LogP contribution in [0.3, 0.4) is 0 Å². The molecule has 2 amide bonds. The number of hydrogen-bond donors (Lipinski definition) is 1. The summed E-state index contributed by atoms with van der Waals surface area (Å²) in [7, 11) is 0. The van der Waals surface area contributed by atoms with Crippen molar-refractivity contribution >= 4 is 17.5 Å². The fourth-order valence-corrected chi connectivity index (χ4v) is 2.85. The lowest BCUT2D eigenvalue weighted by Crippen LogP contribution is -2.40. The number of anilines is 1. The molecular formula is C21H24N2O4. The summed E-state index contributed by atoms with van der Waals surface area (Å²) < 4.78 is 11.0. The van der Waals surface area contributed by atoms with E-state index in [4.69, 9.17) is 9.47 Å². The zero-order valence-electron chi connectivity index (χ0n) is 15.4. The molecule has 0 radical (unpaired) electrons. The highest BCUT2D eigenvalue weighted by molar-refractivity contribution is 5.97. The molecule has 1 unspecified atom stereocenters. The molecule has 27 heavy (non-hydrogen) atoms. The Morgan fingerprint density at radius 3 is 2.37 bits per heavy atom. The number of morpholine rings is 1. The lowest BCUT2D eigenvalue weighted by atomic mass is 10.1. The molecule has 1 heterocycles. The van der Waals surface area contributed by atoms with Gasteiger partial charge in [-0.3, -0.25) is 9.59 Å². The molecule has 2 aromatic rings. The first-order chi connectivity index (χ1) is 13.2. The Morgan fingerprint density at radius 1 is 1.07 bits per heavy atom. The second-order valence-corrected chi connectivity index (χ2v) is 6.30.